The lowest BCUT2D eigenvalue weighted by atomic mass is 10.2. The predicted octanol–water partition coefficient (Wildman–Crippen LogP) is 1.61. The fourth-order valence-corrected chi connectivity index (χ4v) is 1.96. The average molecular weight is 291 g/mol. The molecule has 0 heterocycles. The molecule has 1 amide bonds. The molecule has 1 aliphatic rings. The van der Waals surface area contributed by atoms with Crippen LogP contribution in [0.4, 0.5) is 5.69 Å². The number of benzene rings is 1. The third-order valence-electron chi connectivity index (χ3n) is 3.36. The van der Waals surface area contributed by atoms with Crippen molar-refractivity contribution < 1.29 is 23.9 Å². The minimum absolute atomic E-state index is 0.0832. The van der Waals surface area contributed by atoms with Crippen LogP contribution in [0.3, 0.4) is 0 Å². The fraction of sp³-hybridized carbons (Fsp3) is 0.400. The summed E-state index contributed by atoms with van der Waals surface area (Å²) in [6.07, 6.45) is 0.811. The van der Waals surface area contributed by atoms with Crippen LogP contribution in [-0.4, -0.2) is 31.6 Å². The van der Waals surface area contributed by atoms with Gasteiger partial charge in [-0.05, 0) is 24.5 Å². The minimum atomic E-state index is -0.547. The summed E-state index contributed by atoms with van der Waals surface area (Å²) in [5.41, 5.74) is 0.570. The SMILES string of the molecule is COC(=O)c1ccccc1NC(=O)COC(=O)[C@H]1C[C@H]1C. The molecular weight excluding hydrogens is 274 g/mol. The number of carbonyl (C=O) groups excluding carboxylic acids is 3. The summed E-state index contributed by atoms with van der Waals surface area (Å²) in [4.78, 5) is 34.8. The summed E-state index contributed by atoms with van der Waals surface area (Å²) in [6.45, 7) is 1.59. The number of amides is 1. The van der Waals surface area contributed by atoms with Crippen molar-refractivity contribution in [2.75, 3.05) is 19.0 Å². The van der Waals surface area contributed by atoms with Crippen LogP contribution >= 0.6 is 0 Å². The minimum Gasteiger partial charge on any atom is -0.465 e. The van der Waals surface area contributed by atoms with Gasteiger partial charge in [-0.3, -0.25) is 9.59 Å². The van der Waals surface area contributed by atoms with Gasteiger partial charge in [-0.2, -0.15) is 0 Å². The summed E-state index contributed by atoms with van der Waals surface area (Å²) in [5.74, 6) is -1.14. The number of ether oxygens (including phenoxy) is 2. The number of nitrogens with one attached hydrogen (secondary N) is 1. The number of para-hydroxylation sites is 1. The lowest BCUT2D eigenvalue weighted by Gasteiger charge is -2.09. The summed E-state index contributed by atoms with van der Waals surface area (Å²) in [7, 11) is 1.26. The van der Waals surface area contributed by atoms with Crippen molar-refractivity contribution in [2.45, 2.75) is 13.3 Å². The Morgan fingerprint density at radius 2 is 1.95 bits per heavy atom. The highest BCUT2D eigenvalue weighted by atomic mass is 16.5. The van der Waals surface area contributed by atoms with E-state index in [1.54, 1.807) is 24.3 Å². The second-order valence-electron chi connectivity index (χ2n) is 5.01. The van der Waals surface area contributed by atoms with Gasteiger partial charge in [0, 0.05) is 0 Å². The number of rotatable bonds is 5. The molecule has 0 radical (unpaired) electrons. The molecule has 0 saturated heterocycles. The van der Waals surface area contributed by atoms with E-state index in [9.17, 15) is 14.4 Å². The zero-order valence-electron chi connectivity index (χ0n) is 11.9. The lowest BCUT2D eigenvalue weighted by Crippen LogP contribution is -2.23. The summed E-state index contributed by atoms with van der Waals surface area (Å²) in [6, 6.07) is 6.46. The topological polar surface area (TPSA) is 81.7 Å². The van der Waals surface area contributed by atoms with Gasteiger partial charge >= 0.3 is 11.9 Å². The molecule has 1 N–H and O–H groups in total. The van der Waals surface area contributed by atoms with Gasteiger partial charge in [0.25, 0.3) is 5.91 Å². The first-order valence-electron chi connectivity index (χ1n) is 6.66. The van der Waals surface area contributed by atoms with E-state index < -0.39 is 11.9 Å². The van der Waals surface area contributed by atoms with Crippen LogP contribution in [0.2, 0.25) is 0 Å². The highest BCUT2D eigenvalue weighted by Gasteiger charge is 2.40. The maximum Gasteiger partial charge on any atom is 0.339 e. The normalized spacial score (nSPS) is 19.5. The van der Waals surface area contributed by atoms with Crippen LogP contribution in [0.1, 0.15) is 23.7 Å². The molecule has 6 nitrogen and oxygen atoms in total. The molecule has 6 heteroatoms. The van der Waals surface area contributed by atoms with E-state index >= 15 is 0 Å². The molecule has 0 unspecified atom stereocenters. The third-order valence-corrected chi connectivity index (χ3v) is 3.36. The van der Waals surface area contributed by atoms with Gasteiger partial charge in [-0.1, -0.05) is 19.1 Å². The monoisotopic (exact) mass is 291 g/mol. The average Bonchev–Trinajstić information content (AvgIpc) is 3.21. The first-order chi connectivity index (χ1) is 10.0. The van der Waals surface area contributed by atoms with Gasteiger partial charge < -0.3 is 14.8 Å². The largest absolute Gasteiger partial charge is 0.465 e. The zero-order valence-corrected chi connectivity index (χ0v) is 11.9. The molecule has 1 aromatic rings. The second kappa shape index (κ2) is 6.39. The van der Waals surface area contributed by atoms with E-state index in [4.69, 9.17) is 4.74 Å². The first kappa shape index (κ1) is 15.0. The Hall–Kier alpha value is -2.37. The quantitative estimate of drug-likeness (QED) is 0.833. The smallest absolute Gasteiger partial charge is 0.339 e. The van der Waals surface area contributed by atoms with Crippen molar-refractivity contribution in [2.24, 2.45) is 11.8 Å². The maximum absolute atomic E-state index is 11.8. The molecule has 2 rings (SSSR count). The highest BCUT2D eigenvalue weighted by molar-refractivity contribution is 6.01. The standard InChI is InChI=1S/C15H17NO5/c1-9-7-11(9)15(19)21-8-13(17)16-12-6-4-3-5-10(12)14(18)20-2/h3-6,9,11H,7-8H2,1-2H3,(H,16,17)/t9-,11+/m1/s1. The van der Waals surface area contributed by atoms with Crippen molar-refractivity contribution in [3.63, 3.8) is 0 Å². The summed E-state index contributed by atoms with van der Waals surface area (Å²) < 4.78 is 9.56. The number of methoxy groups -OCH3 is 1. The number of hydrogen-bond acceptors (Lipinski definition) is 5. The Labute approximate surface area is 122 Å². The number of hydrogen-bond donors (Lipinski definition) is 1. The Balaban J connectivity index is 1.90. The van der Waals surface area contributed by atoms with Crippen LogP contribution in [0.5, 0.6) is 0 Å². The van der Waals surface area contributed by atoms with E-state index in [2.05, 4.69) is 10.1 Å². The van der Waals surface area contributed by atoms with Gasteiger partial charge in [-0.15, -0.1) is 0 Å². The Bertz CT molecular complexity index is 569. The first-order valence-corrected chi connectivity index (χ1v) is 6.66. The maximum atomic E-state index is 11.8. The number of carbonyl (C=O) groups is 3. The molecule has 1 aliphatic carbocycles. The molecular formula is C15H17NO5. The number of anilines is 1. The Morgan fingerprint density at radius 1 is 1.29 bits per heavy atom. The molecule has 1 aromatic carbocycles. The van der Waals surface area contributed by atoms with Gasteiger partial charge in [-0.25, -0.2) is 4.79 Å². The second-order valence-corrected chi connectivity index (χ2v) is 5.01. The third kappa shape index (κ3) is 3.81. The van der Waals surface area contributed by atoms with Crippen LogP contribution in [0, 0.1) is 11.8 Å². The molecule has 112 valence electrons. The van der Waals surface area contributed by atoms with Gasteiger partial charge in [0.05, 0.1) is 24.3 Å². The van der Waals surface area contributed by atoms with Crippen LogP contribution < -0.4 is 5.32 Å². The highest BCUT2D eigenvalue weighted by Crippen LogP contribution is 2.38. The lowest BCUT2D eigenvalue weighted by molar-refractivity contribution is -0.148. The molecule has 21 heavy (non-hydrogen) atoms. The molecule has 1 saturated carbocycles. The van der Waals surface area contributed by atoms with Crippen molar-refractivity contribution in [3.05, 3.63) is 29.8 Å². The van der Waals surface area contributed by atoms with Gasteiger partial charge in [0.1, 0.15) is 0 Å². The predicted molar refractivity (Wildman–Crippen MR) is 74.6 cm³/mol. The van der Waals surface area contributed by atoms with E-state index in [1.165, 1.54) is 7.11 Å². The van der Waals surface area contributed by atoms with E-state index in [1.807, 2.05) is 6.92 Å². The summed E-state index contributed by atoms with van der Waals surface area (Å²) >= 11 is 0. The van der Waals surface area contributed by atoms with Gasteiger partial charge in [0.2, 0.25) is 0 Å². The van der Waals surface area contributed by atoms with Crippen LogP contribution in [0.15, 0.2) is 24.3 Å². The summed E-state index contributed by atoms with van der Waals surface area (Å²) in [5, 5.41) is 2.53. The Kier molecular flexibility index (Phi) is 4.57. The number of esters is 2. The molecule has 2 atom stereocenters. The van der Waals surface area contributed by atoms with Crippen molar-refractivity contribution in [1.29, 1.82) is 0 Å². The Morgan fingerprint density at radius 3 is 2.57 bits per heavy atom. The van der Waals surface area contributed by atoms with E-state index in [0.29, 0.717) is 11.6 Å². The van der Waals surface area contributed by atoms with Crippen LogP contribution in [-0.2, 0) is 19.1 Å². The fourth-order valence-electron chi connectivity index (χ4n) is 1.96. The molecule has 0 aromatic heterocycles. The van der Waals surface area contributed by atoms with E-state index in [-0.39, 0.29) is 24.1 Å². The molecule has 0 aliphatic heterocycles. The zero-order chi connectivity index (χ0) is 15.4. The molecule has 1 fully saturated rings. The molecule has 0 spiro atoms. The van der Waals surface area contributed by atoms with Gasteiger partial charge in [0.15, 0.2) is 6.61 Å². The molecule has 0 bridgehead atoms. The van der Waals surface area contributed by atoms with Crippen molar-refractivity contribution in [1.82, 2.24) is 0 Å². The van der Waals surface area contributed by atoms with Crippen LogP contribution in [0.25, 0.3) is 0 Å². The van der Waals surface area contributed by atoms with Crippen molar-refractivity contribution in [3.8, 4) is 0 Å². The van der Waals surface area contributed by atoms with E-state index in [0.717, 1.165) is 6.42 Å². The van der Waals surface area contributed by atoms with Crippen molar-refractivity contribution >= 4 is 23.5 Å².